The van der Waals surface area contributed by atoms with E-state index >= 15 is 0 Å². The Morgan fingerprint density at radius 3 is 1.22 bits per heavy atom. The monoisotopic (exact) mass is 374 g/mol. The van der Waals surface area contributed by atoms with Crippen LogP contribution in [0.25, 0.3) is 0 Å². The molecule has 4 nitrogen and oxygen atoms in total. The van der Waals surface area contributed by atoms with Gasteiger partial charge >= 0.3 is 35.5 Å². The van der Waals surface area contributed by atoms with E-state index in [0.717, 1.165) is 0 Å². The van der Waals surface area contributed by atoms with E-state index in [9.17, 15) is 62.5 Å². The fraction of sp³-hybridized carbons (Fsp3) is 0.714. The number of hydrogen-bond donors (Lipinski definition) is 1. The van der Waals surface area contributed by atoms with E-state index in [4.69, 9.17) is 0 Å². The van der Waals surface area contributed by atoms with Gasteiger partial charge in [-0.15, -0.1) is 0 Å². The molecule has 0 aromatic rings. The number of nitrogens with two attached hydrogens (primary N) is 1. The van der Waals surface area contributed by atoms with Crippen molar-refractivity contribution in [1.82, 2.24) is 5.34 Å². The fourth-order valence-electron chi connectivity index (χ4n) is 0.987. The normalized spacial score (nSPS) is 14.6. The molecule has 0 radical (unpaired) electrons. The molecule has 0 fully saturated rings. The molecule has 23 heavy (non-hydrogen) atoms. The molecule has 0 saturated heterocycles. The van der Waals surface area contributed by atoms with Gasteiger partial charge in [-0.2, -0.15) is 43.9 Å². The summed E-state index contributed by atoms with van der Waals surface area (Å²) in [7, 11) is 0. The zero-order chi connectivity index (χ0) is 19.2. The van der Waals surface area contributed by atoms with Crippen LogP contribution in [0.15, 0.2) is 0 Å². The lowest BCUT2D eigenvalue weighted by atomic mass is 9.93. The lowest BCUT2D eigenvalue weighted by molar-refractivity contribution is -0.391. The Morgan fingerprint density at radius 1 is 0.652 bits per heavy atom. The second-order valence-electron chi connectivity index (χ2n) is 3.77. The van der Waals surface area contributed by atoms with Crippen LogP contribution in [0.2, 0.25) is 0 Å². The number of alkyl halides is 10. The second kappa shape index (κ2) is 5.33. The third-order valence-electron chi connectivity index (χ3n) is 2.31. The Balaban J connectivity index is 6.28. The van der Waals surface area contributed by atoms with Gasteiger partial charge < -0.3 is 5.73 Å². The maximum atomic E-state index is 12.9. The maximum absolute atomic E-state index is 12.9. The molecule has 0 aliphatic rings. The molecule has 136 valence electrons. The van der Waals surface area contributed by atoms with Gasteiger partial charge in [0.2, 0.25) is 0 Å². The molecule has 0 aliphatic carbocycles. The van der Waals surface area contributed by atoms with Crippen LogP contribution in [0, 0.1) is 0 Å². The lowest BCUT2D eigenvalue weighted by Gasteiger charge is -2.37. The first-order chi connectivity index (χ1) is 9.80. The summed E-state index contributed by atoms with van der Waals surface area (Å²) in [4.78, 5) is 20.0. The Labute approximate surface area is 116 Å². The van der Waals surface area contributed by atoms with E-state index in [2.05, 4.69) is 5.73 Å². The Morgan fingerprint density at radius 2 is 0.957 bits per heavy atom. The molecule has 0 aromatic heterocycles. The quantitative estimate of drug-likeness (QED) is 0.573. The minimum absolute atomic E-state index is 3.35. The predicted molar refractivity (Wildman–Crippen MR) is 43.0 cm³/mol. The number of amides is 2. The van der Waals surface area contributed by atoms with Gasteiger partial charge in [0.1, 0.15) is 0 Å². The van der Waals surface area contributed by atoms with Gasteiger partial charge in [-0.3, -0.25) is 9.59 Å². The predicted octanol–water partition coefficient (Wildman–Crippen LogP) is 2.25. The van der Waals surface area contributed by atoms with E-state index in [1.54, 1.807) is 0 Å². The first-order valence-corrected chi connectivity index (χ1v) is 4.65. The SMILES string of the molecule is NC(=O)C(F)(F)C(F)(F)C(F)(F)C(F)(F)C(F)(F)C(=O)N(F)F. The van der Waals surface area contributed by atoms with Crippen molar-refractivity contribution in [3.63, 3.8) is 0 Å². The molecule has 0 atom stereocenters. The molecular formula is C7H2F12N2O2. The van der Waals surface area contributed by atoms with Crippen molar-refractivity contribution >= 4 is 11.8 Å². The van der Waals surface area contributed by atoms with E-state index in [1.165, 1.54) is 0 Å². The number of carbonyl (C=O) groups excluding carboxylic acids is 2. The lowest BCUT2D eigenvalue weighted by Crippen LogP contribution is -2.71. The number of rotatable bonds is 6. The zero-order valence-corrected chi connectivity index (χ0v) is 9.88. The highest BCUT2D eigenvalue weighted by Gasteiger charge is 2.89. The van der Waals surface area contributed by atoms with Gasteiger partial charge in [-0.05, 0) is 0 Å². The summed E-state index contributed by atoms with van der Waals surface area (Å²) >= 11 is 0. The van der Waals surface area contributed by atoms with Crippen LogP contribution in [-0.2, 0) is 9.59 Å². The molecule has 16 heteroatoms. The summed E-state index contributed by atoms with van der Waals surface area (Å²) in [6.07, 6.45) is 0. The van der Waals surface area contributed by atoms with E-state index < -0.39 is 46.8 Å². The van der Waals surface area contributed by atoms with Crippen molar-refractivity contribution in [2.75, 3.05) is 0 Å². The number of carbonyl (C=O) groups is 2. The molecular weight excluding hydrogens is 372 g/mol. The molecule has 0 rings (SSSR count). The minimum Gasteiger partial charge on any atom is -0.364 e. The van der Waals surface area contributed by atoms with Crippen LogP contribution < -0.4 is 5.73 Å². The van der Waals surface area contributed by atoms with Gasteiger partial charge in [-0.1, -0.05) is 8.96 Å². The average Bonchev–Trinajstić information content (AvgIpc) is 2.36. The molecule has 2 N–H and O–H groups in total. The smallest absolute Gasteiger partial charge is 0.364 e. The molecule has 2 amide bonds. The van der Waals surface area contributed by atoms with E-state index in [0.29, 0.717) is 0 Å². The summed E-state index contributed by atoms with van der Waals surface area (Å²) < 4.78 is 151. The van der Waals surface area contributed by atoms with E-state index in [1.807, 2.05) is 0 Å². The topological polar surface area (TPSA) is 63.4 Å². The van der Waals surface area contributed by atoms with Crippen LogP contribution in [0.5, 0.6) is 0 Å². The molecule has 0 aliphatic heterocycles. The van der Waals surface area contributed by atoms with Gasteiger partial charge in [0.05, 0.1) is 0 Å². The Kier molecular flexibility index (Phi) is 4.89. The van der Waals surface area contributed by atoms with Gasteiger partial charge in [0.25, 0.3) is 5.91 Å². The van der Waals surface area contributed by atoms with Crippen LogP contribution in [0.4, 0.5) is 52.9 Å². The standard InChI is InChI=1S/C7H2F12N2O2/c8-3(9,1(20)22)5(12,13)7(16,17)6(14,15)4(10,11)2(23)21(18)19/h(H2,20,22). The molecule has 0 saturated carbocycles. The third-order valence-corrected chi connectivity index (χ3v) is 2.31. The molecule has 0 spiro atoms. The van der Waals surface area contributed by atoms with E-state index in [-0.39, 0.29) is 0 Å². The highest BCUT2D eigenvalue weighted by molar-refractivity contribution is 5.84. The summed E-state index contributed by atoms with van der Waals surface area (Å²) in [5.74, 6) is -45.2. The highest BCUT2D eigenvalue weighted by Crippen LogP contribution is 2.57. The van der Waals surface area contributed by atoms with Crippen molar-refractivity contribution in [2.45, 2.75) is 29.6 Å². The van der Waals surface area contributed by atoms with Crippen molar-refractivity contribution in [2.24, 2.45) is 5.73 Å². The number of primary amides is 1. The Bertz CT molecular complexity index is 502. The molecule has 0 unspecified atom stereocenters. The number of halogens is 12. The highest BCUT2D eigenvalue weighted by atomic mass is 19.4. The fourth-order valence-corrected chi connectivity index (χ4v) is 0.987. The average molecular weight is 374 g/mol. The zero-order valence-electron chi connectivity index (χ0n) is 9.88. The van der Waals surface area contributed by atoms with Crippen LogP contribution >= 0.6 is 0 Å². The maximum Gasteiger partial charge on any atom is 0.398 e. The summed E-state index contributed by atoms with van der Waals surface area (Å²) in [6, 6.07) is 0. The van der Waals surface area contributed by atoms with Crippen LogP contribution in [0.3, 0.4) is 0 Å². The molecule has 0 aromatic carbocycles. The molecule has 0 heterocycles. The molecule has 0 bridgehead atoms. The van der Waals surface area contributed by atoms with Gasteiger partial charge in [0.15, 0.2) is 0 Å². The van der Waals surface area contributed by atoms with Gasteiger partial charge in [0, 0.05) is 5.34 Å². The summed E-state index contributed by atoms with van der Waals surface area (Å²) in [5.41, 5.74) is 3.58. The Hall–Kier alpha value is -1.90. The number of nitrogens with zero attached hydrogens (tertiary/aromatic N) is 1. The van der Waals surface area contributed by atoms with Crippen molar-refractivity contribution < 1.29 is 62.5 Å². The van der Waals surface area contributed by atoms with Crippen LogP contribution in [0.1, 0.15) is 0 Å². The van der Waals surface area contributed by atoms with Crippen molar-refractivity contribution in [3.8, 4) is 0 Å². The van der Waals surface area contributed by atoms with Crippen molar-refractivity contribution in [1.29, 1.82) is 0 Å². The van der Waals surface area contributed by atoms with Crippen molar-refractivity contribution in [3.05, 3.63) is 0 Å². The second-order valence-corrected chi connectivity index (χ2v) is 3.77. The first kappa shape index (κ1) is 21.1. The summed E-state index contributed by atoms with van der Waals surface area (Å²) in [6.45, 7) is 0. The third kappa shape index (κ3) is 2.62. The van der Waals surface area contributed by atoms with Gasteiger partial charge in [-0.25, -0.2) is 0 Å². The number of hydrogen-bond acceptors (Lipinski definition) is 2. The van der Waals surface area contributed by atoms with Crippen LogP contribution in [-0.4, -0.2) is 46.8 Å². The minimum atomic E-state index is -7.84. The summed E-state index contributed by atoms with van der Waals surface area (Å²) in [5, 5.41) is -3.35. The largest absolute Gasteiger partial charge is 0.398 e. The first-order valence-electron chi connectivity index (χ1n) is 4.65.